The van der Waals surface area contributed by atoms with Gasteiger partial charge in [-0.2, -0.15) is 0 Å². The van der Waals surface area contributed by atoms with Crippen molar-refractivity contribution in [3.8, 4) is 0 Å². The SMILES string of the molecule is BrC1CSc2n(Cc3ccccc3)c3ccccc3[n+]2C1.[O-][Cl+3]([O-])([O-])[O-]. The second-order valence-electron chi connectivity index (χ2n) is 5.74. The molecule has 1 atom stereocenters. The standard InChI is InChI=1S/C17H16BrN2S.ClHO4/c18-14-11-20-16-9-5-4-8-15(16)19(17(20)21-12-14)10-13-6-2-1-3-7-13;2-1(3,4)5/h1-9,14H,10-12H2;(H,2,3,4,5)/q+1;/p-1. The number of thioether (sulfide) groups is 1. The molecule has 0 radical (unpaired) electrons. The number of nitrogens with zero attached hydrogens (tertiary/aromatic N) is 2. The molecule has 3 aromatic rings. The molecule has 0 spiro atoms. The molecule has 0 fully saturated rings. The van der Waals surface area contributed by atoms with Crippen LogP contribution in [-0.4, -0.2) is 15.1 Å². The molecule has 1 aliphatic rings. The molecule has 1 aromatic heterocycles. The van der Waals surface area contributed by atoms with E-state index >= 15 is 0 Å². The van der Waals surface area contributed by atoms with Crippen LogP contribution in [-0.2, 0) is 13.1 Å². The highest BCUT2D eigenvalue weighted by molar-refractivity contribution is 9.09. The van der Waals surface area contributed by atoms with Crippen LogP contribution >= 0.6 is 27.7 Å². The number of alkyl halides is 1. The molecule has 1 unspecified atom stereocenters. The molecule has 0 saturated carbocycles. The van der Waals surface area contributed by atoms with Gasteiger partial charge in [-0.3, -0.25) is 0 Å². The van der Waals surface area contributed by atoms with Crippen LogP contribution < -0.4 is 23.2 Å². The normalized spacial score (nSPS) is 16.7. The number of imidazole rings is 1. The van der Waals surface area contributed by atoms with Gasteiger partial charge in [-0.05, 0) is 29.5 Å². The molecule has 9 heteroatoms. The fourth-order valence-electron chi connectivity index (χ4n) is 2.94. The van der Waals surface area contributed by atoms with E-state index in [1.54, 1.807) is 0 Å². The zero-order chi connectivity index (χ0) is 18.7. The summed E-state index contributed by atoms with van der Waals surface area (Å²) in [6.07, 6.45) is 0. The summed E-state index contributed by atoms with van der Waals surface area (Å²) in [6.45, 7) is 1.98. The van der Waals surface area contributed by atoms with Crippen LogP contribution in [0.4, 0.5) is 0 Å². The summed E-state index contributed by atoms with van der Waals surface area (Å²) in [5.41, 5.74) is 4.01. The van der Waals surface area contributed by atoms with E-state index in [1.807, 2.05) is 11.8 Å². The van der Waals surface area contributed by atoms with Crippen LogP contribution in [0.25, 0.3) is 11.0 Å². The molecule has 1 aliphatic heterocycles. The monoisotopic (exact) mass is 458 g/mol. The van der Waals surface area contributed by atoms with Crippen LogP contribution in [0.15, 0.2) is 59.8 Å². The fourth-order valence-corrected chi connectivity index (χ4v) is 4.71. The average molecular weight is 460 g/mol. The van der Waals surface area contributed by atoms with E-state index in [0.717, 1.165) is 18.8 Å². The minimum Gasteiger partial charge on any atom is -0.222 e. The Balaban J connectivity index is 0.000000349. The number of aromatic nitrogens is 2. The van der Waals surface area contributed by atoms with Crippen LogP contribution in [0.5, 0.6) is 0 Å². The summed E-state index contributed by atoms with van der Waals surface area (Å²) in [5, 5.41) is 1.37. The van der Waals surface area contributed by atoms with Gasteiger partial charge in [-0.1, -0.05) is 58.4 Å². The van der Waals surface area contributed by atoms with Gasteiger partial charge in [0.05, 0.1) is 4.83 Å². The van der Waals surface area contributed by atoms with E-state index in [0.29, 0.717) is 4.83 Å². The minimum atomic E-state index is -4.94. The van der Waals surface area contributed by atoms with Crippen LogP contribution in [0.1, 0.15) is 5.56 Å². The Bertz CT molecular complexity index is 880. The van der Waals surface area contributed by atoms with E-state index in [4.69, 9.17) is 18.6 Å². The summed E-state index contributed by atoms with van der Waals surface area (Å²) in [6, 6.07) is 19.4. The summed E-state index contributed by atoms with van der Waals surface area (Å²) in [5.74, 6) is 1.13. The van der Waals surface area contributed by atoms with Gasteiger partial charge in [-0.15, -0.1) is 10.2 Å². The molecule has 26 heavy (non-hydrogen) atoms. The molecular formula is C17H16BrClN2O4S. The lowest BCUT2D eigenvalue weighted by Crippen LogP contribution is -2.68. The zero-order valence-electron chi connectivity index (χ0n) is 13.6. The number of rotatable bonds is 2. The van der Waals surface area contributed by atoms with E-state index in [-0.39, 0.29) is 0 Å². The van der Waals surface area contributed by atoms with Gasteiger partial charge in [-0.25, -0.2) is 27.8 Å². The smallest absolute Gasteiger partial charge is 0.222 e. The predicted octanol–water partition coefficient (Wildman–Crippen LogP) is -0.910. The van der Waals surface area contributed by atoms with E-state index < -0.39 is 10.2 Å². The van der Waals surface area contributed by atoms with Crippen molar-refractivity contribution < 1.29 is 33.4 Å². The van der Waals surface area contributed by atoms with Crippen molar-refractivity contribution in [3.05, 3.63) is 60.2 Å². The van der Waals surface area contributed by atoms with Gasteiger partial charge in [0.15, 0.2) is 11.0 Å². The second kappa shape index (κ2) is 8.26. The Hall–Kier alpha value is -1.13. The Morgan fingerprint density at radius 2 is 1.65 bits per heavy atom. The average Bonchev–Trinajstić information content (AvgIpc) is 2.88. The third-order valence-electron chi connectivity index (χ3n) is 3.88. The molecule has 0 saturated heterocycles. The summed E-state index contributed by atoms with van der Waals surface area (Å²) >= 11 is 5.72. The molecule has 0 aliphatic carbocycles. The summed E-state index contributed by atoms with van der Waals surface area (Å²) < 4.78 is 38.9. The molecule has 138 valence electrons. The maximum absolute atomic E-state index is 8.49. The highest BCUT2D eigenvalue weighted by atomic mass is 79.9. The zero-order valence-corrected chi connectivity index (χ0v) is 16.7. The topological polar surface area (TPSA) is 101 Å². The van der Waals surface area contributed by atoms with Crippen LogP contribution in [0.3, 0.4) is 0 Å². The van der Waals surface area contributed by atoms with Gasteiger partial charge in [0.25, 0.3) is 0 Å². The minimum absolute atomic E-state index is 0.552. The van der Waals surface area contributed by atoms with Gasteiger partial charge < -0.3 is 0 Å². The molecule has 0 N–H and O–H groups in total. The Morgan fingerprint density at radius 3 is 2.35 bits per heavy atom. The maximum Gasteiger partial charge on any atom is 0.319 e. The number of benzene rings is 2. The first-order valence-corrected chi connectivity index (χ1v) is 10.9. The van der Waals surface area contributed by atoms with Crippen molar-refractivity contribution in [2.45, 2.75) is 23.1 Å². The summed E-state index contributed by atoms with van der Waals surface area (Å²) in [7, 11) is -4.94. The van der Waals surface area contributed by atoms with Crippen molar-refractivity contribution in [2.24, 2.45) is 0 Å². The van der Waals surface area contributed by atoms with Crippen molar-refractivity contribution in [1.82, 2.24) is 4.57 Å². The molecule has 6 nitrogen and oxygen atoms in total. The quantitative estimate of drug-likeness (QED) is 0.365. The van der Waals surface area contributed by atoms with Gasteiger partial charge in [0, 0.05) is 5.75 Å². The highest BCUT2D eigenvalue weighted by Crippen LogP contribution is 2.29. The van der Waals surface area contributed by atoms with Crippen LogP contribution in [0, 0.1) is 10.2 Å². The van der Waals surface area contributed by atoms with E-state index in [1.165, 1.54) is 21.8 Å². The molecule has 2 aromatic carbocycles. The lowest BCUT2D eigenvalue weighted by Gasteiger charge is -2.17. The van der Waals surface area contributed by atoms with Gasteiger partial charge >= 0.3 is 5.16 Å². The lowest BCUT2D eigenvalue weighted by molar-refractivity contribution is -2.00. The van der Waals surface area contributed by atoms with Crippen molar-refractivity contribution >= 4 is 38.7 Å². The number of halogens is 2. The number of hydrogen-bond acceptors (Lipinski definition) is 5. The largest absolute Gasteiger partial charge is 0.319 e. The van der Waals surface area contributed by atoms with Gasteiger partial charge in [0.1, 0.15) is 13.1 Å². The number of hydrogen-bond donors (Lipinski definition) is 0. The molecule has 4 rings (SSSR count). The number of fused-ring (bicyclic) bond motifs is 3. The summed E-state index contributed by atoms with van der Waals surface area (Å²) in [4.78, 5) is 0.552. The molecule has 0 amide bonds. The van der Waals surface area contributed by atoms with Crippen molar-refractivity contribution in [3.63, 3.8) is 0 Å². The molecule has 0 bridgehead atoms. The first-order chi connectivity index (χ1) is 12.3. The fraction of sp³-hybridized carbons (Fsp3) is 0.235. The third kappa shape index (κ3) is 4.98. The second-order valence-corrected chi connectivity index (χ2v) is 8.78. The van der Waals surface area contributed by atoms with Crippen LogP contribution in [0.2, 0.25) is 0 Å². The predicted molar refractivity (Wildman–Crippen MR) is 91.1 cm³/mol. The lowest BCUT2D eigenvalue weighted by atomic mass is 10.2. The van der Waals surface area contributed by atoms with E-state index in [9.17, 15) is 0 Å². The molecule has 2 heterocycles. The highest BCUT2D eigenvalue weighted by Gasteiger charge is 2.31. The van der Waals surface area contributed by atoms with Crippen molar-refractivity contribution in [1.29, 1.82) is 0 Å². The first-order valence-electron chi connectivity index (χ1n) is 7.76. The van der Waals surface area contributed by atoms with Gasteiger partial charge in [0.2, 0.25) is 0 Å². The first kappa shape index (κ1) is 19.6. The third-order valence-corrected chi connectivity index (χ3v) is 6.19. The Morgan fingerprint density at radius 1 is 1.04 bits per heavy atom. The Kier molecular flexibility index (Phi) is 6.24. The van der Waals surface area contributed by atoms with E-state index in [2.05, 4.69) is 79.7 Å². The Labute approximate surface area is 165 Å². The molecular weight excluding hydrogens is 444 g/mol. The van der Waals surface area contributed by atoms with Crippen molar-refractivity contribution in [2.75, 3.05) is 5.75 Å². The number of para-hydroxylation sites is 2. The maximum atomic E-state index is 8.49.